The van der Waals surface area contributed by atoms with E-state index in [1.54, 1.807) is 23.0 Å². The van der Waals surface area contributed by atoms with Crippen molar-refractivity contribution >= 4 is 23.2 Å². The average Bonchev–Trinajstić information content (AvgIpc) is 3.17. The number of aromatic nitrogens is 7. The summed E-state index contributed by atoms with van der Waals surface area (Å²) in [5, 5.41) is 22.2. The fourth-order valence-electron chi connectivity index (χ4n) is 3.18. The molecule has 0 saturated heterocycles. The molecule has 0 unspecified atom stereocenters. The minimum atomic E-state index is -0.507. The fourth-order valence-corrected chi connectivity index (χ4v) is 3.30. The Hall–Kier alpha value is -3.59. The second kappa shape index (κ2) is 5.99. The van der Waals surface area contributed by atoms with Crippen molar-refractivity contribution in [3.8, 4) is 11.3 Å². The molecule has 1 atom stereocenters. The Bertz CT molecular complexity index is 1190. The molecule has 0 radical (unpaired) electrons. The summed E-state index contributed by atoms with van der Waals surface area (Å²) in [6, 6.07) is 12.3. The summed E-state index contributed by atoms with van der Waals surface area (Å²) in [6.45, 7) is 0. The molecule has 4 aromatic rings. The summed E-state index contributed by atoms with van der Waals surface area (Å²) >= 11 is 6.01. The second-order valence-corrected chi connectivity index (χ2v) is 6.36. The Morgan fingerprint density at radius 2 is 1.96 bits per heavy atom. The molecule has 1 aliphatic rings. The van der Waals surface area contributed by atoms with Crippen LogP contribution in [0.15, 0.2) is 53.5 Å². The molecule has 0 spiro atoms. The van der Waals surface area contributed by atoms with E-state index in [-0.39, 0.29) is 5.56 Å². The van der Waals surface area contributed by atoms with E-state index < -0.39 is 6.04 Å². The number of aromatic amines is 1. The normalized spacial score (nSPS) is 14.9. The third kappa shape index (κ3) is 2.48. The average molecular weight is 379 g/mol. The van der Waals surface area contributed by atoms with Crippen molar-refractivity contribution in [2.75, 3.05) is 5.32 Å². The smallest absolute Gasteiger partial charge is 0.288 e. The van der Waals surface area contributed by atoms with Gasteiger partial charge >= 0.3 is 0 Å². The highest BCUT2D eigenvalue weighted by Crippen LogP contribution is 2.40. The zero-order chi connectivity index (χ0) is 18.4. The van der Waals surface area contributed by atoms with Gasteiger partial charge in [0, 0.05) is 22.3 Å². The van der Waals surface area contributed by atoms with E-state index in [9.17, 15) is 4.79 Å². The van der Waals surface area contributed by atoms with E-state index in [0.29, 0.717) is 33.6 Å². The number of nitrogens with one attached hydrogen (secondary N) is 2. The molecule has 0 aliphatic carbocycles. The molecule has 132 valence electrons. The predicted octanol–water partition coefficient (Wildman–Crippen LogP) is 2.17. The van der Waals surface area contributed by atoms with Gasteiger partial charge in [-0.2, -0.15) is 9.78 Å². The number of halogens is 1. The first-order valence-corrected chi connectivity index (χ1v) is 8.44. The molecule has 9 nitrogen and oxygen atoms in total. The largest absolute Gasteiger partial charge is 0.318 e. The van der Waals surface area contributed by atoms with E-state index in [1.165, 1.54) is 0 Å². The number of fused-ring (bicyclic) bond motifs is 2. The molecule has 0 saturated carbocycles. The molecular formula is C17H11ClN8O. The van der Waals surface area contributed by atoms with Crippen LogP contribution in [-0.4, -0.2) is 35.4 Å². The van der Waals surface area contributed by atoms with E-state index in [2.05, 4.69) is 36.0 Å². The Morgan fingerprint density at radius 1 is 1.11 bits per heavy atom. The lowest BCUT2D eigenvalue weighted by molar-refractivity contribution is 0.556. The standard InChI is InChI=1S/C17H11ClN8O/c18-10-6-4-9(5-7-10)13-12-14(16(27)22-21-13)20-17-23-24-25-26(17)15(12)11-3-1-2-8-19-11/h1-8,15H,(H,22,27)(H,20,23,25)/t15-/m1/s1. The van der Waals surface area contributed by atoms with Gasteiger partial charge in [0.1, 0.15) is 11.7 Å². The van der Waals surface area contributed by atoms with Gasteiger partial charge in [-0.25, -0.2) is 5.10 Å². The molecule has 0 amide bonds. The molecule has 10 heteroatoms. The molecule has 2 N–H and O–H groups in total. The minimum absolute atomic E-state index is 0.341. The van der Waals surface area contributed by atoms with Gasteiger partial charge < -0.3 is 5.32 Å². The van der Waals surface area contributed by atoms with Crippen LogP contribution in [0.4, 0.5) is 11.6 Å². The van der Waals surface area contributed by atoms with Crippen molar-refractivity contribution in [3.63, 3.8) is 0 Å². The monoisotopic (exact) mass is 378 g/mol. The maximum atomic E-state index is 12.5. The summed E-state index contributed by atoms with van der Waals surface area (Å²) in [4.78, 5) is 17.0. The quantitative estimate of drug-likeness (QED) is 0.483. The topological polar surface area (TPSA) is 114 Å². The van der Waals surface area contributed by atoms with E-state index in [0.717, 1.165) is 5.56 Å². The Labute approximate surface area is 157 Å². The molecule has 1 aromatic carbocycles. The summed E-state index contributed by atoms with van der Waals surface area (Å²) in [5.41, 5.74) is 2.69. The SMILES string of the molecule is O=c1[nH]nc(-c2ccc(Cl)cc2)c2c1Nc1nnnn1[C@@H]2c1ccccn1. The number of nitrogens with zero attached hydrogens (tertiary/aromatic N) is 6. The number of anilines is 2. The van der Waals surface area contributed by atoms with Crippen LogP contribution in [-0.2, 0) is 0 Å². The number of tetrazole rings is 1. The Morgan fingerprint density at radius 3 is 2.74 bits per heavy atom. The lowest BCUT2D eigenvalue weighted by atomic mass is 9.95. The first kappa shape index (κ1) is 15.6. The highest BCUT2D eigenvalue weighted by molar-refractivity contribution is 6.30. The van der Waals surface area contributed by atoms with Gasteiger partial charge in [-0.05, 0) is 34.7 Å². The van der Waals surface area contributed by atoms with Gasteiger partial charge in [-0.3, -0.25) is 9.78 Å². The molecule has 0 bridgehead atoms. The van der Waals surface area contributed by atoms with Crippen molar-refractivity contribution in [2.24, 2.45) is 0 Å². The summed E-state index contributed by atoms with van der Waals surface area (Å²) < 4.78 is 1.59. The van der Waals surface area contributed by atoms with Gasteiger partial charge in [0.25, 0.3) is 5.56 Å². The number of rotatable bonds is 2. The van der Waals surface area contributed by atoms with Crippen molar-refractivity contribution < 1.29 is 0 Å². The summed E-state index contributed by atoms with van der Waals surface area (Å²) in [6.07, 6.45) is 1.68. The van der Waals surface area contributed by atoms with E-state index in [1.807, 2.05) is 30.3 Å². The lowest BCUT2D eigenvalue weighted by Crippen LogP contribution is -2.29. The predicted molar refractivity (Wildman–Crippen MR) is 97.9 cm³/mol. The minimum Gasteiger partial charge on any atom is -0.318 e. The second-order valence-electron chi connectivity index (χ2n) is 5.93. The molecular weight excluding hydrogens is 368 g/mol. The number of benzene rings is 1. The van der Waals surface area contributed by atoms with Crippen molar-refractivity contribution in [2.45, 2.75) is 6.04 Å². The van der Waals surface area contributed by atoms with Crippen molar-refractivity contribution in [1.29, 1.82) is 0 Å². The van der Waals surface area contributed by atoms with E-state index >= 15 is 0 Å². The van der Waals surface area contributed by atoms with E-state index in [4.69, 9.17) is 11.6 Å². The number of hydrogen-bond acceptors (Lipinski definition) is 7. The molecule has 4 heterocycles. The zero-order valence-corrected chi connectivity index (χ0v) is 14.4. The Kier molecular flexibility index (Phi) is 3.47. The highest BCUT2D eigenvalue weighted by atomic mass is 35.5. The highest BCUT2D eigenvalue weighted by Gasteiger charge is 2.34. The zero-order valence-electron chi connectivity index (χ0n) is 13.7. The molecule has 5 rings (SSSR count). The molecule has 1 aliphatic heterocycles. The first-order valence-electron chi connectivity index (χ1n) is 8.06. The van der Waals surface area contributed by atoms with Gasteiger partial charge in [-0.15, -0.1) is 0 Å². The lowest BCUT2D eigenvalue weighted by Gasteiger charge is -2.27. The maximum Gasteiger partial charge on any atom is 0.288 e. The summed E-state index contributed by atoms with van der Waals surface area (Å²) in [7, 11) is 0. The molecule has 3 aromatic heterocycles. The molecule has 27 heavy (non-hydrogen) atoms. The van der Waals surface area contributed by atoms with Crippen molar-refractivity contribution in [1.82, 2.24) is 35.4 Å². The van der Waals surface area contributed by atoms with Crippen molar-refractivity contribution in [3.05, 3.63) is 75.3 Å². The van der Waals surface area contributed by atoms with Crippen LogP contribution in [0, 0.1) is 0 Å². The number of pyridine rings is 1. The van der Waals surface area contributed by atoms with Crippen LogP contribution >= 0.6 is 11.6 Å². The van der Waals surface area contributed by atoms with Crippen LogP contribution in [0.2, 0.25) is 5.02 Å². The molecule has 0 fully saturated rings. The Balaban J connectivity index is 1.82. The van der Waals surface area contributed by atoms with Gasteiger partial charge in [0.2, 0.25) is 5.95 Å². The van der Waals surface area contributed by atoms with Gasteiger partial charge in [0.05, 0.1) is 11.4 Å². The summed E-state index contributed by atoms with van der Waals surface area (Å²) in [5.74, 6) is 0.358. The van der Waals surface area contributed by atoms with Crippen LogP contribution in [0.25, 0.3) is 11.3 Å². The van der Waals surface area contributed by atoms with Gasteiger partial charge in [0.15, 0.2) is 0 Å². The maximum absolute atomic E-state index is 12.5. The van der Waals surface area contributed by atoms with Crippen LogP contribution in [0.1, 0.15) is 17.3 Å². The number of H-pyrrole nitrogens is 1. The first-order chi connectivity index (χ1) is 13.2. The van der Waals surface area contributed by atoms with Crippen LogP contribution in [0.3, 0.4) is 0 Å². The third-order valence-electron chi connectivity index (χ3n) is 4.35. The number of hydrogen-bond donors (Lipinski definition) is 2. The van der Waals surface area contributed by atoms with Crippen LogP contribution < -0.4 is 10.9 Å². The fraction of sp³-hybridized carbons (Fsp3) is 0.0588. The van der Waals surface area contributed by atoms with Gasteiger partial charge in [-0.1, -0.05) is 34.9 Å². The van der Waals surface area contributed by atoms with Crippen LogP contribution in [0.5, 0.6) is 0 Å². The third-order valence-corrected chi connectivity index (χ3v) is 4.61.